The van der Waals surface area contributed by atoms with E-state index in [4.69, 9.17) is 4.74 Å². The molecule has 1 aliphatic heterocycles. The van der Waals surface area contributed by atoms with Gasteiger partial charge in [0, 0.05) is 24.5 Å². The number of nitrogens with one attached hydrogen (secondary N) is 2. The number of carbonyl (C=O) groups excluding carboxylic acids is 2. The van der Waals surface area contributed by atoms with Crippen molar-refractivity contribution in [3.8, 4) is 0 Å². The number of sulfonamides is 1. The molecule has 1 saturated heterocycles. The SMILES string of the molecule is CCOC(=O)Nc1ccc(S(=O)(=O)Nc2ccc(CC(=O)N3CCCC3)cc2)cc1. The Hall–Kier alpha value is -3.07. The molecule has 0 aromatic heterocycles. The van der Waals surface area contributed by atoms with Crippen molar-refractivity contribution in [3.63, 3.8) is 0 Å². The molecule has 1 fully saturated rings. The molecule has 0 radical (unpaired) electrons. The van der Waals surface area contributed by atoms with E-state index in [-0.39, 0.29) is 17.4 Å². The van der Waals surface area contributed by atoms with Gasteiger partial charge in [0.2, 0.25) is 5.91 Å². The van der Waals surface area contributed by atoms with Gasteiger partial charge in [-0.25, -0.2) is 13.2 Å². The zero-order valence-corrected chi connectivity index (χ0v) is 17.6. The van der Waals surface area contributed by atoms with Crippen LogP contribution in [0.15, 0.2) is 53.4 Å². The topological polar surface area (TPSA) is 105 Å². The van der Waals surface area contributed by atoms with Gasteiger partial charge in [0.1, 0.15) is 0 Å². The zero-order chi connectivity index (χ0) is 21.6. The van der Waals surface area contributed by atoms with Crippen molar-refractivity contribution >= 4 is 33.4 Å². The van der Waals surface area contributed by atoms with Gasteiger partial charge < -0.3 is 9.64 Å². The highest BCUT2D eigenvalue weighted by molar-refractivity contribution is 7.92. The number of amides is 2. The third kappa shape index (κ3) is 5.73. The standard InChI is InChI=1S/C21H25N3O5S/c1-2-29-21(26)22-17-9-11-19(12-10-17)30(27,28)23-18-7-5-16(6-8-18)15-20(25)24-13-3-4-14-24/h5-12,23H,2-4,13-15H2,1H3,(H,22,26). The molecule has 3 rings (SSSR count). The summed E-state index contributed by atoms with van der Waals surface area (Å²) in [6, 6.07) is 12.5. The van der Waals surface area contributed by atoms with Gasteiger partial charge in [-0.15, -0.1) is 0 Å². The molecule has 30 heavy (non-hydrogen) atoms. The normalized spacial score (nSPS) is 13.7. The summed E-state index contributed by atoms with van der Waals surface area (Å²) in [5.41, 5.74) is 1.67. The van der Waals surface area contributed by atoms with Gasteiger partial charge in [-0.05, 0) is 61.7 Å². The first-order chi connectivity index (χ1) is 14.4. The number of hydrogen-bond donors (Lipinski definition) is 2. The highest BCUT2D eigenvalue weighted by Gasteiger charge is 2.18. The maximum Gasteiger partial charge on any atom is 0.411 e. The van der Waals surface area contributed by atoms with Gasteiger partial charge in [-0.2, -0.15) is 0 Å². The Bertz CT molecular complexity index is 982. The van der Waals surface area contributed by atoms with E-state index >= 15 is 0 Å². The van der Waals surface area contributed by atoms with E-state index in [1.165, 1.54) is 24.3 Å². The largest absolute Gasteiger partial charge is 0.450 e. The minimum absolute atomic E-state index is 0.0604. The highest BCUT2D eigenvalue weighted by atomic mass is 32.2. The second kappa shape index (κ2) is 9.62. The minimum Gasteiger partial charge on any atom is -0.450 e. The summed E-state index contributed by atoms with van der Waals surface area (Å²) >= 11 is 0. The van der Waals surface area contributed by atoms with Crippen molar-refractivity contribution < 1.29 is 22.7 Å². The van der Waals surface area contributed by atoms with Crippen LogP contribution in [-0.2, 0) is 26.0 Å². The molecule has 0 bridgehead atoms. The lowest BCUT2D eigenvalue weighted by atomic mass is 10.1. The van der Waals surface area contributed by atoms with Crippen molar-refractivity contribution in [2.45, 2.75) is 31.1 Å². The minimum atomic E-state index is -3.79. The Morgan fingerprint density at radius 2 is 1.57 bits per heavy atom. The molecule has 0 saturated carbocycles. The van der Waals surface area contributed by atoms with Gasteiger partial charge in [0.05, 0.1) is 17.9 Å². The summed E-state index contributed by atoms with van der Waals surface area (Å²) in [6.07, 6.45) is 1.80. The summed E-state index contributed by atoms with van der Waals surface area (Å²) in [5, 5.41) is 2.51. The van der Waals surface area contributed by atoms with Crippen molar-refractivity contribution in [1.29, 1.82) is 0 Å². The predicted octanol–water partition coefficient (Wildman–Crippen LogP) is 3.22. The second-order valence-electron chi connectivity index (χ2n) is 6.94. The molecule has 9 heteroatoms. The van der Waals surface area contributed by atoms with Crippen molar-refractivity contribution in [2.75, 3.05) is 29.7 Å². The van der Waals surface area contributed by atoms with Crippen LogP contribution in [-0.4, -0.2) is 45.0 Å². The van der Waals surface area contributed by atoms with E-state index in [1.807, 2.05) is 4.90 Å². The van der Waals surface area contributed by atoms with Crippen LogP contribution >= 0.6 is 0 Å². The van der Waals surface area contributed by atoms with Crippen LogP contribution in [0.5, 0.6) is 0 Å². The summed E-state index contributed by atoms with van der Waals surface area (Å²) in [5.74, 6) is 0.0948. The van der Waals surface area contributed by atoms with Gasteiger partial charge in [-0.3, -0.25) is 14.8 Å². The number of nitrogens with zero attached hydrogens (tertiary/aromatic N) is 1. The Morgan fingerprint density at radius 1 is 0.967 bits per heavy atom. The molecule has 2 N–H and O–H groups in total. The van der Waals surface area contributed by atoms with E-state index in [1.54, 1.807) is 31.2 Å². The van der Waals surface area contributed by atoms with Crippen LogP contribution in [0.3, 0.4) is 0 Å². The Labute approximate surface area is 176 Å². The summed E-state index contributed by atoms with van der Waals surface area (Å²) in [4.78, 5) is 25.6. The van der Waals surface area contributed by atoms with Gasteiger partial charge in [0.25, 0.3) is 10.0 Å². The molecule has 2 aromatic rings. The fraction of sp³-hybridized carbons (Fsp3) is 0.333. The maximum absolute atomic E-state index is 12.6. The molecular weight excluding hydrogens is 406 g/mol. The van der Waals surface area contributed by atoms with Crippen LogP contribution in [0.2, 0.25) is 0 Å². The van der Waals surface area contributed by atoms with Crippen LogP contribution in [0.25, 0.3) is 0 Å². The fourth-order valence-corrected chi connectivity index (χ4v) is 4.22. The lowest BCUT2D eigenvalue weighted by molar-refractivity contribution is -0.129. The maximum atomic E-state index is 12.6. The number of carbonyl (C=O) groups is 2. The zero-order valence-electron chi connectivity index (χ0n) is 16.8. The quantitative estimate of drug-likeness (QED) is 0.700. The van der Waals surface area contributed by atoms with E-state index in [2.05, 4.69) is 10.0 Å². The summed E-state index contributed by atoms with van der Waals surface area (Å²) < 4.78 is 32.5. The first kappa shape index (κ1) is 21.6. The molecule has 160 valence electrons. The third-order valence-corrected chi connectivity index (χ3v) is 6.10. The lowest BCUT2D eigenvalue weighted by Gasteiger charge is -2.15. The number of ether oxygens (including phenoxy) is 1. The predicted molar refractivity (Wildman–Crippen MR) is 114 cm³/mol. The van der Waals surface area contributed by atoms with Gasteiger partial charge in [0.15, 0.2) is 0 Å². The Kier molecular flexibility index (Phi) is 6.94. The van der Waals surface area contributed by atoms with Crippen LogP contribution in [0.4, 0.5) is 16.2 Å². The van der Waals surface area contributed by atoms with Crippen LogP contribution in [0.1, 0.15) is 25.3 Å². The number of anilines is 2. The third-order valence-electron chi connectivity index (χ3n) is 4.71. The average molecular weight is 432 g/mol. The molecule has 0 atom stereocenters. The Morgan fingerprint density at radius 3 is 2.17 bits per heavy atom. The van der Waals surface area contributed by atoms with Crippen LogP contribution in [0, 0.1) is 0 Å². The lowest BCUT2D eigenvalue weighted by Crippen LogP contribution is -2.29. The molecule has 1 aliphatic rings. The molecular formula is C21H25N3O5S. The average Bonchev–Trinajstić information content (AvgIpc) is 3.25. The van der Waals surface area contributed by atoms with Crippen molar-refractivity contribution in [2.24, 2.45) is 0 Å². The second-order valence-corrected chi connectivity index (χ2v) is 8.62. The summed E-state index contributed by atoms with van der Waals surface area (Å²) in [6.45, 7) is 3.56. The molecule has 0 aliphatic carbocycles. The van der Waals surface area contributed by atoms with Gasteiger partial charge >= 0.3 is 6.09 Å². The highest BCUT2D eigenvalue weighted by Crippen LogP contribution is 2.19. The molecule has 0 spiro atoms. The molecule has 1 heterocycles. The summed E-state index contributed by atoms with van der Waals surface area (Å²) in [7, 11) is -3.79. The van der Waals surface area contributed by atoms with Crippen molar-refractivity contribution in [3.05, 3.63) is 54.1 Å². The first-order valence-corrected chi connectivity index (χ1v) is 11.3. The van der Waals surface area contributed by atoms with E-state index < -0.39 is 16.1 Å². The first-order valence-electron chi connectivity index (χ1n) is 9.81. The van der Waals surface area contributed by atoms with Crippen molar-refractivity contribution in [1.82, 2.24) is 4.90 Å². The van der Waals surface area contributed by atoms with E-state index in [9.17, 15) is 18.0 Å². The van der Waals surface area contributed by atoms with E-state index in [0.29, 0.717) is 17.8 Å². The fourth-order valence-electron chi connectivity index (χ4n) is 3.16. The Balaban J connectivity index is 1.60. The van der Waals surface area contributed by atoms with Gasteiger partial charge in [-0.1, -0.05) is 12.1 Å². The number of benzene rings is 2. The smallest absolute Gasteiger partial charge is 0.411 e. The number of likely N-dealkylation sites (tertiary alicyclic amines) is 1. The van der Waals surface area contributed by atoms with Crippen LogP contribution < -0.4 is 10.0 Å². The number of hydrogen-bond acceptors (Lipinski definition) is 5. The monoisotopic (exact) mass is 431 g/mol. The number of rotatable bonds is 7. The molecule has 8 nitrogen and oxygen atoms in total. The molecule has 2 aromatic carbocycles. The molecule has 2 amide bonds. The van der Waals surface area contributed by atoms with E-state index in [0.717, 1.165) is 31.5 Å². The molecule has 0 unspecified atom stereocenters.